The van der Waals surface area contributed by atoms with E-state index in [1.807, 2.05) is 25.7 Å². The van der Waals surface area contributed by atoms with Crippen LogP contribution in [0.4, 0.5) is 4.79 Å². The Labute approximate surface area is 135 Å². The van der Waals surface area contributed by atoms with Crippen molar-refractivity contribution in [1.82, 2.24) is 15.5 Å². The number of amides is 1. The fourth-order valence-electron chi connectivity index (χ4n) is 3.24. The van der Waals surface area contributed by atoms with E-state index >= 15 is 0 Å². The molecular weight excluding hydrogens is 278 g/mol. The van der Waals surface area contributed by atoms with Gasteiger partial charge in [0.2, 0.25) is 0 Å². The van der Waals surface area contributed by atoms with Gasteiger partial charge in [-0.2, -0.15) is 0 Å². The van der Waals surface area contributed by atoms with Crippen LogP contribution in [0.25, 0.3) is 0 Å². The molecule has 2 fully saturated rings. The third kappa shape index (κ3) is 6.13. The highest BCUT2D eigenvalue weighted by Gasteiger charge is 2.25. The first kappa shape index (κ1) is 17.5. The molecule has 2 aliphatic rings. The van der Waals surface area contributed by atoms with Crippen LogP contribution < -0.4 is 10.6 Å². The number of hydrogen-bond acceptors (Lipinski definition) is 4. The van der Waals surface area contributed by atoms with E-state index in [9.17, 15) is 4.79 Å². The number of nitrogens with one attached hydrogen (secondary N) is 2. The van der Waals surface area contributed by atoms with E-state index in [1.54, 1.807) is 0 Å². The normalized spacial score (nSPS) is 27.3. The van der Waals surface area contributed by atoms with Crippen molar-refractivity contribution < 1.29 is 9.53 Å². The van der Waals surface area contributed by atoms with Crippen LogP contribution in [0.15, 0.2) is 0 Å². The van der Waals surface area contributed by atoms with Crippen molar-refractivity contribution >= 4 is 6.09 Å². The number of carbonyl (C=O) groups excluding carboxylic acids is 1. The van der Waals surface area contributed by atoms with Gasteiger partial charge in [-0.1, -0.05) is 0 Å². The Kier molecular flexibility index (Phi) is 6.50. The maximum Gasteiger partial charge on any atom is 0.410 e. The highest BCUT2D eigenvalue weighted by molar-refractivity contribution is 5.68. The second-order valence-corrected chi connectivity index (χ2v) is 7.72. The van der Waals surface area contributed by atoms with Gasteiger partial charge in [-0.3, -0.25) is 0 Å². The first-order chi connectivity index (χ1) is 10.4. The number of likely N-dealkylation sites (tertiary alicyclic amines) is 1. The molecule has 1 amide bonds. The van der Waals surface area contributed by atoms with Crippen LogP contribution in [0.5, 0.6) is 0 Å². The number of piperidine rings is 1. The Morgan fingerprint density at radius 2 is 2.05 bits per heavy atom. The molecule has 128 valence electrons. The zero-order valence-corrected chi connectivity index (χ0v) is 14.5. The first-order valence-corrected chi connectivity index (χ1v) is 8.86. The lowest BCUT2D eigenvalue weighted by Crippen LogP contribution is -2.41. The fraction of sp³-hybridized carbons (Fsp3) is 0.941. The molecule has 2 N–H and O–H groups in total. The molecule has 2 unspecified atom stereocenters. The van der Waals surface area contributed by atoms with Crippen molar-refractivity contribution in [1.29, 1.82) is 0 Å². The summed E-state index contributed by atoms with van der Waals surface area (Å²) in [7, 11) is 0. The van der Waals surface area contributed by atoms with Gasteiger partial charge >= 0.3 is 6.09 Å². The predicted molar refractivity (Wildman–Crippen MR) is 89.0 cm³/mol. The maximum absolute atomic E-state index is 12.2. The van der Waals surface area contributed by atoms with Crippen LogP contribution in [0.2, 0.25) is 0 Å². The zero-order valence-electron chi connectivity index (χ0n) is 14.5. The smallest absolute Gasteiger partial charge is 0.410 e. The first-order valence-electron chi connectivity index (χ1n) is 8.86. The summed E-state index contributed by atoms with van der Waals surface area (Å²) in [4.78, 5) is 14.0. The molecule has 0 saturated carbocycles. The quantitative estimate of drug-likeness (QED) is 0.840. The fourth-order valence-corrected chi connectivity index (χ4v) is 3.24. The molecule has 2 rings (SSSR count). The highest BCUT2D eigenvalue weighted by atomic mass is 16.6. The van der Waals surface area contributed by atoms with E-state index in [1.165, 1.54) is 19.4 Å². The van der Waals surface area contributed by atoms with Gasteiger partial charge in [0.05, 0.1) is 0 Å². The minimum absolute atomic E-state index is 0.162. The summed E-state index contributed by atoms with van der Waals surface area (Å²) >= 11 is 0. The molecule has 22 heavy (non-hydrogen) atoms. The van der Waals surface area contributed by atoms with Crippen molar-refractivity contribution in [3.8, 4) is 0 Å². The third-order valence-electron chi connectivity index (χ3n) is 4.47. The predicted octanol–water partition coefficient (Wildman–Crippen LogP) is 2.37. The van der Waals surface area contributed by atoms with Crippen LogP contribution in [0.3, 0.4) is 0 Å². The molecular formula is C17H33N3O2. The zero-order chi connectivity index (χ0) is 16.0. The molecule has 2 saturated heterocycles. The lowest BCUT2D eigenvalue weighted by atomic mass is 9.99. The summed E-state index contributed by atoms with van der Waals surface area (Å²) in [6, 6.07) is 0.536. The lowest BCUT2D eigenvalue weighted by molar-refractivity contribution is 0.0256. The van der Waals surface area contributed by atoms with Crippen LogP contribution in [-0.4, -0.2) is 55.4 Å². The van der Waals surface area contributed by atoms with Gasteiger partial charge in [-0.05, 0) is 78.4 Å². The lowest BCUT2D eigenvalue weighted by Gasteiger charge is -2.27. The number of ether oxygens (including phenoxy) is 1. The van der Waals surface area contributed by atoms with E-state index in [0.717, 1.165) is 51.4 Å². The topological polar surface area (TPSA) is 53.6 Å². The molecule has 5 heteroatoms. The Morgan fingerprint density at radius 1 is 1.23 bits per heavy atom. The summed E-state index contributed by atoms with van der Waals surface area (Å²) in [6.45, 7) is 10.8. The molecule has 0 bridgehead atoms. The Hall–Kier alpha value is -0.810. The van der Waals surface area contributed by atoms with Crippen LogP contribution in [-0.2, 0) is 4.74 Å². The van der Waals surface area contributed by atoms with Crippen LogP contribution >= 0.6 is 0 Å². The minimum Gasteiger partial charge on any atom is -0.444 e. The van der Waals surface area contributed by atoms with E-state index in [0.29, 0.717) is 6.04 Å². The molecule has 0 aromatic rings. The van der Waals surface area contributed by atoms with Gasteiger partial charge in [0.25, 0.3) is 0 Å². The van der Waals surface area contributed by atoms with Crippen molar-refractivity contribution in [3.05, 3.63) is 0 Å². The second-order valence-electron chi connectivity index (χ2n) is 7.72. The van der Waals surface area contributed by atoms with Gasteiger partial charge < -0.3 is 20.3 Å². The summed E-state index contributed by atoms with van der Waals surface area (Å²) in [6.07, 6.45) is 5.70. The number of rotatable bonds is 3. The third-order valence-corrected chi connectivity index (χ3v) is 4.47. The molecule has 5 nitrogen and oxygen atoms in total. The van der Waals surface area contributed by atoms with E-state index < -0.39 is 5.60 Å². The highest BCUT2D eigenvalue weighted by Crippen LogP contribution is 2.16. The van der Waals surface area contributed by atoms with E-state index in [2.05, 4.69) is 10.6 Å². The second kappa shape index (κ2) is 8.16. The van der Waals surface area contributed by atoms with Gasteiger partial charge in [0.15, 0.2) is 0 Å². The number of carbonyl (C=O) groups is 1. The molecule has 0 spiro atoms. The molecule has 0 aromatic heterocycles. The Balaban J connectivity index is 1.71. The van der Waals surface area contributed by atoms with Crippen molar-refractivity contribution in [2.75, 3.05) is 32.7 Å². The molecule has 0 aromatic carbocycles. The van der Waals surface area contributed by atoms with Gasteiger partial charge in [0, 0.05) is 19.1 Å². The molecule has 2 atom stereocenters. The van der Waals surface area contributed by atoms with Crippen molar-refractivity contribution in [2.45, 2.75) is 64.5 Å². The number of nitrogens with zero attached hydrogens (tertiary/aromatic N) is 1. The minimum atomic E-state index is -0.408. The maximum atomic E-state index is 12.2. The molecule has 2 heterocycles. The Bertz CT molecular complexity index is 348. The van der Waals surface area contributed by atoms with Crippen molar-refractivity contribution in [3.63, 3.8) is 0 Å². The summed E-state index contributed by atoms with van der Waals surface area (Å²) < 4.78 is 5.48. The number of hydrogen-bond donors (Lipinski definition) is 2. The van der Waals surface area contributed by atoms with E-state index in [4.69, 9.17) is 4.74 Å². The Morgan fingerprint density at radius 3 is 2.73 bits per heavy atom. The van der Waals surface area contributed by atoms with Gasteiger partial charge in [0.1, 0.15) is 5.60 Å². The summed E-state index contributed by atoms with van der Waals surface area (Å²) in [5.74, 6) is 0.763. The average molecular weight is 311 g/mol. The molecule has 2 aliphatic heterocycles. The van der Waals surface area contributed by atoms with Gasteiger partial charge in [-0.15, -0.1) is 0 Å². The summed E-state index contributed by atoms with van der Waals surface area (Å²) in [5.41, 5.74) is -0.408. The standard InChI is InChI=1S/C17H33N3O2/c1-17(2,3)22-16(21)20-10-5-7-15(8-11-20)19-13-14-6-4-9-18-12-14/h14-15,18-19H,4-13H2,1-3H3. The summed E-state index contributed by atoms with van der Waals surface area (Å²) in [5, 5.41) is 7.19. The monoisotopic (exact) mass is 311 g/mol. The van der Waals surface area contributed by atoms with E-state index in [-0.39, 0.29) is 6.09 Å². The molecule has 0 aliphatic carbocycles. The SMILES string of the molecule is CC(C)(C)OC(=O)N1CCCC(NCC2CCCNC2)CC1. The van der Waals surface area contributed by atoms with Crippen molar-refractivity contribution in [2.24, 2.45) is 5.92 Å². The van der Waals surface area contributed by atoms with Crippen LogP contribution in [0.1, 0.15) is 52.9 Å². The average Bonchev–Trinajstić information content (AvgIpc) is 2.70. The van der Waals surface area contributed by atoms with Crippen LogP contribution in [0, 0.1) is 5.92 Å². The molecule has 0 radical (unpaired) electrons. The van der Waals surface area contributed by atoms with Gasteiger partial charge in [-0.25, -0.2) is 4.79 Å². The largest absolute Gasteiger partial charge is 0.444 e.